The van der Waals surface area contributed by atoms with E-state index < -0.39 is 8.72 Å². The Labute approximate surface area is 56.9 Å². The fourth-order valence-corrected chi connectivity index (χ4v) is 3.35. The lowest BCUT2D eigenvalue weighted by molar-refractivity contribution is 0.141. The first-order chi connectivity index (χ1) is 4.25. The van der Waals surface area contributed by atoms with Crippen LogP contribution in [0.1, 0.15) is 0 Å². The fraction of sp³-hybridized carbons (Fsp3) is 1.00. The van der Waals surface area contributed by atoms with Crippen molar-refractivity contribution in [1.82, 2.24) is 4.57 Å². The van der Waals surface area contributed by atoms with E-state index in [1.807, 2.05) is 7.05 Å². The van der Waals surface area contributed by atoms with Gasteiger partial charge in [-0.1, -0.05) is 0 Å². The van der Waals surface area contributed by atoms with Crippen LogP contribution < -0.4 is 0 Å². The Kier molecular flexibility index (Phi) is 1.90. The van der Waals surface area contributed by atoms with Gasteiger partial charge in [0.1, 0.15) is 0 Å². The van der Waals surface area contributed by atoms with Crippen LogP contribution in [0.25, 0.3) is 0 Å². The number of rotatable bonds is 2. The molecule has 1 fully saturated rings. The second-order valence-electron chi connectivity index (χ2n) is 2.29. The van der Waals surface area contributed by atoms with Crippen LogP contribution >= 0.6 is 0 Å². The first-order valence-corrected chi connectivity index (χ1v) is 5.04. The summed E-state index contributed by atoms with van der Waals surface area (Å²) in [5.74, 6) is 0. The van der Waals surface area contributed by atoms with Gasteiger partial charge in [-0.3, -0.25) is 4.57 Å². The average Bonchev–Trinajstić information content (AvgIpc) is 1.89. The summed E-state index contributed by atoms with van der Waals surface area (Å²) in [5.41, 5.74) is 0. The van der Waals surface area contributed by atoms with Crippen LogP contribution in [0, 0.1) is 0 Å². The molecular weight excluding hydrogens is 134 g/mol. The van der Waals surface area contributed by atoms with E-state index in [1.165, 1.54) is 0 Å². The van der Waals surface area contributed by atoms with Crippen LogP contribution in [-0.2, 0) is 8.85 Å². The molecule has 9 heavy (non-hydrogen) atoms. The molecule has 0 aromatic heterocycles. The Morgan fingerprint density at radius 3 is 1.89 bits per heavy atom. The maximum Gasteiger partial charge on any atom is 0.428 e. The summed E-state index contributed by atoms with van der Waals surface area (Å²) in [4.78, 5) is 0. The molecule has 0 N–H and O–H groups in total. The molecule has 0 aromatic carbocycles. The van der Waals surface area contributed by atoms with E-state index >= 15 is 0 Å². The highest BCUT2D eigenvalue weighted by Gasteiger charge is 2.49. The summed E-state index contributed by atoms with van der Waals surface area (Å²) in [6, 6.07) is 1.11. The lowest BCUT2D eigenvalue weighted by atomic mass is 10.7. The Morgan fingerprint density at radius 1 is 1.33 bits per heavy atom. The topological polar surface area (TPSA) is 21.7 Å². The largest absolute Gasteiger partial charge is 0.428 e. The highest BCUT2D eigenvalue weighted by atomic mass is 28.4. The molecule has 0 radical (unpaired) electrons. The minimum Gasteiger partial charge on any atom is -0.386 e. The minimum atomic E-state index is -1.76. The van der Waals surface area contributed by atoms with Gasteiger partial charge in [-0.05, 0) is 13.6 Å². The van der Waals surface area contributed by atoms with Crippen molar-refractivity contribution in [2.45, 2.75) is 6.04 Å². The lowest BCUT2D eigenvalue weighted by Gasteiger charge is -2.43. The van der Waals surface area contributed by atoms with Crippen LogP contribution in [0.5, 0.6) is 0 Å². The fourth-order valence-electron chi connectivity index (χ4n) is 1.12. The van der Waals surface area contributed by atoms with E-state index in [0.29, 0.717) is 0 Å². The van der Waals surface area contributed by atoms with E-state index in [9.17, 15) is 0 Å². The molecule has 1 saturated heterocycles. The van der Waals surface area contributed by atoms with Gasteiger partial charge in [-0.15, -0.1) is 0 Å². The molecule has 1 heterocycles. The predicted octanol–water partition coefficient (Wildman–Crippen LogP) is 0.163. The Bertz CT molecular complexity index is 99.6. The van der Waals surface area contributed by atoms with E-state index in [4.69, 9.17) is 8.85 Å². The van der Waals surface area contributed by atoms with Gasteiger partial charge in [-0.2, -0.15) is 0 Å². The van der Waals surface area contributed by atoms with Gasteiger partial charge in [0.05, 0.1) is 0 Å². The first-order valence-electron chi connectivity index (χ1n) is 3.07. The Hall–Kier alpha value is 0.0969. The van der Waals surface area contributed by atoms with Gasteiger partial charge < -0.3 is 8.85 Å². The smallest absolute Gasteiger partial charge is 0.386 e. The highest BCUT2D eigenvalue weighted by Crippen LogP contribution is 2.25. The molecule has 0 saturated carbocycles. The van der Waals surface area contributed by atoms with Crippen molar-refractivity contribution in [2.75, 3.05) is 27.8 Å². The molecule has 0 unspecified atom stereocenters. The number of nitrogens with zero attached hydrogens (tertiary/aromatic N) is 1. The van der Waals surface area contributed by atoms with Gasteiger partial charge in [0, 0.05) is 20.3 Å². The molecule has 0 bridgehead atoms. The summed E-state index contributed by atoms with van der Waals surface area (Å²) in [6.07, 6.45) is 0. The second kappa shape index (κ2) is 2.38. The average molecular weight is 147 g/mol. The summed E-state index contributed by atoms with van der Waals surface area (Å²) >= 11 is 0. The molecule has 4 heteroatoms. The highest BCUT2D eigenvalue weighted by molar-refractivity contribution is 6.67. The van der Waals surface area contributed by atoms with Gasteiger partial charge in [0.15, 0.2) is 0 Å². The summed E-state index contributed by atoms with van der Waals surface area (Å²) < 4.78 is 12.7. The van der Waals surface area contributed by atoms with Crippen LogP contribution in [0.2, 0.25) is 6.04 Å². The van der Waals surface area contributed by atoms with Crippen molar-refractivity contribution in [2.24, 2.45) is 0 Å². The maximum atomic E-state index is 5.28. The molecule has 0 atom stereocenters. The van der Waals surface area contributed by atoms with Crippen molar-refractivity contribution in [1.29, 1.82) is 0 Å². The zero-order chi connectivity index (χ0) is 6.91. The summed E-state index contributed by atoms with van der Waals surface area (Å²) in [6.45, 7) is 1.12. The first kappa shape index (κ1) is 7.21. The third-order valence-corrected chi connectivity index (χ3v) is 5.50. The molecule has 0 spiro atoms. The van der Waals surface area contributed by atoms with Crippen molar-refractivity contribution in [3.63, 3.8) is 0 Å². The normalized spacial score (nSPS) is 25.7. The van der Waals surface area contributed by atoms with E-state index in [1.54, 1.807) is 14.2 Å². The second-order valence-corrected chi connectivity index (χ2v) is 5.80. The third kappa shape index (κ3) is 0.919. The van der Waals surface area contributed by atoms with Crippen molar-refractivity contribution in [3.05, 3.63) is 0 Å². The lowest BCUT2D eigenvalue weighted by Crippen LogP contribution is -2.65. The Balaban J connectivity index is 2.48. The van der Waals surface area contributed by atoms with Crippen molar-refractivity contribution >= 4 is 8.72 Å². The maximum absolute atomic E-state index is 5.28. The summed E-state index contributed by atoms with van der Waals surface area (Å²) in [5, 5.41) is 0. The van der Waals surface area contributed by atoms with E-state index in [2.05, 4.69) is 4.57 Å². The zero-order valence-corrected chi connectivity index (χ0v) is 7.18. The molecule has 0 aliphatic carbocycles. The van der Waals surface area contributed by atoms with Gasteiger partial charge in [0.25, 0.3) is 0 Å². The van der Waals surface area contributed by atoms with Crippen molar-refractivity contribution in [3.8, 4) is 0 Å². The standard InChI is InChI=1S/C5H13NO2Si/c1-6-4-5-9(6,7-2)8-3/h4-5H2,1-3H3. The zero-order valence-electron chi connectivity index (χ0n) is 6.18. The van der Waals surface area contributed by atoms with Crippen LogP contribution in [0.4, 0.5) is 0 Å². The van der Waals surface area contributed by atoms with Crippen LogP contribution in [0.15, 0.2) is 0 Å². The molecule has 0 amide bonds. The van der Waals surface area contributed by atoms with Gasteiger partial charge >= 0.3 is 8.72 Å². The molecule has 1 aliphatic heterocycles. The molecule has 0 aromatic rings. The third-order valence-electron chi connectivity index (χ3n) is 1.98. The van der Waals surface area contributed by atoms with Crippen LogP contribution in [-0.4, -0.2) is 41.1 Å². The molecule has 54 valence electrons. The van der Waals surface area contributed by atoms with Gasteiger partial charge in [0.2, 0.25) is 0 Å². The SMILES string of the molecule is CO[Si]1(OC)CCN1C. The number of hydrogen-bond acceptors (Lipinski definition) is 3. The predicted molar refractivity (Wildman–Crippen MR) is 37.2 cm³/mol. The number of hydrogen-bond donors (Lipinski definition) is 0. The molecule has 3 nitrogen and oxygen atoms in total. The summed E-state index contributed by atoms with van der Waals surface area (Å²) in [7, 11) is 3.74. The minimum absolute atomic E-state index is 1.11. The van der Waals surface area contributed by atoms with Gasteiger partial charge in [-0.25, -0.2) is 0 Å². The Morgan fingerprint density at radius 2 is 1.89 bits per heavy atom. The monoisotopic (exact) mass is 147 g/mol. The van der Waals surface area contributed by atoms with Crippen LogP contribution in [0.3, 0.4) is 0 Å². The van der Waals surface area contributed by atoms with E-state index in [-0.39, 0.29) is 0 Å². The molecule has 1 rings (SSSR count). The molecule has 1 aliphatic rings. The van der Waals surface area contributed by atoms with E-state index in [0.717, 1.165) is 12.6 Å². The molecular formula is C5H13NO2Si. The quantitative estimate of drug-likeness (QED) is 0.519. The van der Waals surface area contributed by atoms with Crippen molar-refractivity contribution < 1.29 is 8.85 Å².